The van der Waals surface area contributed by atoms with Gasteiger partial charge in [0.1, 0.15) is 0 Å². The second kappa shape index (κ2) is 9.42. The van der Waals surface area contributed by atoms with Crippen LogP contribution in [0.1, 0.15) is 24.5 Å². The average molecular weight is 326 g/mol. The first-order valence-corrected chi connectivity index (χ1v) is 7.86. The first-order valence-electron chi connectivity index (χ1n) is 7.86. The van der Waals surface area contributed by atoms with Gasteiger partial charge >= 0.3 is 0 Å². The van der Waals surface area contributed by atoms with Gasteiger partial charge in [0.05, 0.1) is 0 Å². The number of carbonyl (C=O) groups excluding carboxylic acids is 2. The number of benzene rings is 1. The van der Waals surface area contributed by atoms with Gasteiger partial charge in [-0.1, -0.05) is 18.2 Å². The van der Waals surface area contributed by atoms with Gasteiger partial charge in [0, 0.05) is 51.1 Å². The van der Waals surface area contributed by atoms with E-state index >= 15 is 0 Å². The van der Waals surface area contributed by atoms with Gasteiger partial charge in [-0.2, -0.15) is 0 Å². The molecule has 24 heavy (non-hydrogen) atoms. The van der Waals surface area contributed by atoms with Gasteiger partial charge in [-0.05, 0) is 29.3 Å². The lowest BCUT2D eigenvalue weighted by molar-refractivity contribution is -0.121. The summed E-state index contributed by atoms with van der Waals surface area (Å²) in [6.45, 7) is 3.26. The summed E-state index contributed by atoms with van der Waals surface area (Å²) in [5.74, 6) is -0.0782. The van der Waals surface area contributed by atoms with E-state index in [4.69, 9.17) is 0 Å². The minimum atomic E-state index is -0.0850. The molecular formula is C18H22N4O2. The third-order valence-electron chi connectivity index (χ3n) is 3.34. The Bertz CT molecular complexity index is 656. The Labute approximate surface area is 141 Å². The second-order valence-corrected chi connectivity index (χ2v) is 5.44. The zero-order chi connectivity index (χ0) is 17.2. The van der Waals surface area contributed by atoms with Crippen LogP contribution in [0.4, 0.5) is 5.69 Å². The van der Waals surface area contributed by atoms with Gasteiger partial charge in [-0.3, -0.25) is 14.6 Å². The number of amides is 2. The van der Waals surface area contributed by atoms with Crippen molar-refractivity contribution in [2.24, 2.45) is 0 Å². The fraction of sp³-hybridized carbons (Fsp3) is 0.278. The van der Waals surface area contributed by atoms with Crippen molar-refractivity contribution in [1.82, 2.24) is 15.6 Å². The lowest BCUT2D eigenvalue weighted by Gasteiger charge is -2.07. The third kappa shape index (κ3) is 6.58. The summed E-state index contributed by atoms with van der Waals surface area (Å²) >= 11 is 0. The summed E-state index contributed by atoms with van der Waals surface area (Å²) in [6, 6.07) is 11.4. The monoisotopic (exact) mass is 326 g/mol. The van der Waals surface area contributed by atoms with Crippen LogP contribution in [0.3, 0.4) is 0 Å². The van der Waals surface area contributed by atoms with E-state index in [0.29, 0.717) is 26.1 Å². The van der Waals surface area contributed by atoms with Crippen LogP contribution in [0.15, 0.2) is 48.8 Å². The highest BCUT2D eigenvalue weighted by atomic mass is 16.2. The molecule has 0 aliphatic carbocycles. The minimum Gasteiger partial charge on any atom is -0.352 e. The maximum Gasteiger partial charge on any atom is 0.221 e. The van der Waals surface area contributed by atoms with Crippen molar-refractivity contribution in [3.05, 3.63) is 59.9 Å². The van der Waals surface area contributed by atoms with Crippen LogP contribution >= 0.6 is 0 Å². The maximum absolute atomic E-state index is 11.8. The van der Waals surface area contributed by atoms with Crippen LogP contribution in [0.2, 0.25) is 0 Å². The maximum atomic E-state index is 11.8. The predicted octanol–water partition coefficient (Wildman–Crippen LogP) is 1.84. The summed E-state index contributed by atoms with van der Waals surface area (Å²) in [5.41, 5.74) is 2.86. The molecular weight excluding hydrogens is 304 g/mol. The minimum absolute atomic E-state index is 0.00681. The van der Waals surface area contributed by atoms with E-state index in [1.54, 1.807) is 12.4 Å². The van der Waals surface area contributed by atoms with E-state index in [2.05, 4.69) is 20.9 Å². The molecule has 3 N–H and O–H groups in total. The van der Waals surface area contributed by atoms with Crippen molar-refractivity contribution in [1.29, 1.82) is 0 Å². The summed E-state index contributed by atoms with van der Waals surface area (Å²) in [7, 11) is 0. The summed E-state index contributed by atoms with van der Waals surface area (Å²) in [5, 5.41) is 8.82. The lowest BCUT2D eigenvalue weighted by Crippen LogP contribution is -2.27. The Morgan fingerprint density at radius 3 is 2.50 bits per heavy atom. The summed E-state index contributed by atoms with van der Waals surface area (Å²) in [6.07, 6.45) is 3.87. The van der Waals surface area contributed by atoms with Crippen LogP contribution < -0.4 is 16.0 Å². The number of aromatic nitrogens is 1. The molecule has 126 valence electrons. The molecule has 0 saturated carbocycles. The molecule has 0 bridgehead atoms. The topological polar surface area (TPSA) is 83.1 Å². The average Bonchev–Trinajstić information content (AvgIpc) is 2.59. The van der Waals surface area contributed by atoms with Crippen molar-refractivity contribution in [2.75, 3.05) is 11.9 Å². The van der Waals surface area contributed by atoms with Gasteiger partial charge in [0.25, 0.3) is 0 Å². The SMILES string of the molecule is CC(=O)Nc1ccc(CNCCC(=O)NCc2cccnc2)cc1. The Morgan fingerprint density at radius 1 is 1.04 bits per heavy atom. The number of nitrogens with zero attached hydrogens (tertiary/aromatic N) is 1. The first-order chi connectivity index (χ1) is 11.6. The molecule has 0 unspecified atom stereocenters. The van der Waals surface area contributed by atoms with E-state index in [0.717, 1.165) is 16.8 Å². The molecule has 6 nitrogen and oxygen atoms in total. The molecule has 1 heterocycles. The molecule has 2 rings (SSSR count). The summed E-state index contributed by atoms with van der Waals surface area (Å²) < 4.78 is 0. The Kier molecular flexibility index (Phi) is 6.91. The van der Waals surface area contributed by atoms with Crippen molar-refractivity contribution >= 4 is 17.5 Å². The van der Waals surface area contributed by atoms with Crippen molar-refractivity contribution in [2.45, 2.75) is 26.4 Å². The highest BCUT2D eigenvalue weighted by molar-refractivity contribution is 5.88. The zero-order valence-electron chi connectivity index (χ0n) is 13.7. The number of hydrogen-bond donors (Lipinski definition) is 3. The molecule has 0 spiro atoms. The van der Waals surface area contributed by atoms with Crippen molar-refractivity contribution in [3.8, 4) is 0 Å². The molecule has 1 aromatic heterocycles. The number of pyridine rings is 1. The van der Waals surface area contributed by atoms with Crippen molar-refractivity contribution < 1.29 is 9.59 Å². The molecule has 6 heteroatoms. The number of carbonyl (C=O) groups is 2. The fourth-order valence-corrected chi connectivity index (χ4v) is 2.14. The van der Waals surface area contributed by atoms with Crippen molar-refractivity contribution in [3.63, 3.8) is 0 Å². The number of hydrogen-bond acceptors (Lipinski definition) is 4. The van der Waals surface area contributed by atoms with Crippen LogP contribution in [-0.4, -0.2) is 23.3 Å². The van der Waals surface area contributed by atoms with Crippen LogP contribution in [0.25, 0.3) is 0 Å². The first kappa shape index (κ1) is 17.6. The third-order valence-corrected chi connectivity index (χ3v) is 3.34. The highest BCUT2D eigenvalue weighted by Crippen LogP contribution is 2.09. The van der Waals surface area contributed by atoms with Crippen LogP contribution in [-0.2, 0) is 22.7 Å². The molecule has 0 aliphatic heterocycles. The second-order valence-electron chi connectivity index (χ2n) is 5.44. The lowest BCUT2D eigenvalue weighted by atomic mass is 10.2. The summed E-state index contributed by atoms with van der Waals surface area (Å²) in [4.78, 5) is 26.7. The zero-order valence-corrected chi connectivity index (χ0v) is 13.7. The molecule has 0 fully saturated rings. The highest BCUT2D eigenvalue weighted by Gasteiger charge is 2.01. The standard InChI is InChI=1S/C18H22N4O2/c1-14(23)22-17-6-4-15(5-7-17)11-20-10-8-18(24)21-13-16-3-2-9-19-12-16/h2-7,9,12,20H,8,10-11,13H2,1H3,(H,21,24)(H,22,23). The number of nitrogens with one attached hydrogen (secondary N) is 3. The smallest absolute Gasteiger partial charge is 0.221 e. The van der Waals surface area contributed by atoms with Gasteiger partial charge in [0.15, 0.2) is 0 Å². The normalized spacial score (nSPS) is 10.2. The van der Waals surface area contributed by atoms with Gasteiger partial charge < -0.3 is 16.0 Å². The van der Waals surface area contributed by atoms with Crippen LogP contribution in [0.5, 0.6) is 0 Å². The van der Waals surface area contributed by atoms with Gasteiger partial charge in [-0.15, -0.1) is 0 Å². The largest absolute Gasteiger partial charge is 0.352 e. The number of rotatable bonds is 8. The van der Waals surface area contributed by atoms with E-state index in [9.17, 15) is 9.59 Å². The molecule has 0 atom stereocenters. The van der Waals surface area contributed by atoms with Gasteiger partial charge in [-0.25, -0.2) is 0 Å². The van der Waals surface area contributed by atoms with E-state index in [1.807, 2.05) is 36.4 Å². The van der Waals surface area contributed by atoms with E-state index < -0.39 is 0 Å². The van der Waals surface area contributed by atoms with E-state index in [1.165, 1.54) is 6.92 Å². The van der Waals surface area contributed by atoms with Gasteiger partial charge in [0.2, 0.25) is 11.8 Å². The molecule has 2 aromatic rings. The Hall–Kier alpha value is -2.73. The molecule has 0 radical (unpaired) electrons. The molecule has 0 saturated heterocycles. The molecule has 1 aromatic carbocycles. The van der Waals surface area contributed by atoms with Crippen LogP contribution in [0, 0.1) is 0 Å². The predicted molar refractivity (Wildman–Crippen MR) is 93.2 cm³/mol. The molecule has 2 amide bonds. The Balaban J connectivity index is 1.62. The quantitative estimate of drug-likeness (QED) is 0.646. The number of anilines is 1. The Morgan fingerprint density at radius 2 is 1.83 bits per heavy atom. The fourth-order valence-electron chi connectivity index (χ4n) is 2.14. The van der Waals surface area contributed by atoms with E-state index in [-0.39, 0.29) is 11.8 Å². The molecule has 0 aliphatic rings.